The lowest BCUT2D eigenvalue weighted by Gasteiger charge is -2.23. The number of anilines is 1. The van der Waals surface area contributed by atoms with Crippen LogP contribution in [0.2, 0.25) is 0 Å². The van der Waals surface area contributed by atoms with Crippen LogP contribution >= 0.6 is 0 Å². The smallest absolute Gasteiger partial charge is 0.251 e. The number of rotatable bonds is 12. The highest BCUT2D eigenvalue weighted by Gasteiger charge is 2.22. The van der Waals surface area contributed by atoms with E-state index >= 15 is 0 Å². The lowest BCUT2D eigenvalue weighted by atomic mass is 10.0. The molecule has 8 heteroatoms. The number of amides is 3. The van der Waals surface area contributed by atoms with E-state index < -0.39 is 6.04 Å². The van der Waals surface area contributed by atoms with Crippen molar-refractivity contribution in [2.24, 2.45) is 0 Å². The molecule has 3 rings (SSSR count). The standard InChI is InChI=1S/C29H33N3O5/c1-4-36-25-17-16-23(18-26(25)37-5-2)30-27(33)20-32(3)28(34)19-24(21-12-8-6-9-13-21)31-29(35)22-14-10-7-11-15-22/h6-18,24H,4-5,19-20H2,1-3H3,(H,30,33)(H,31,35)/t24-/m1/s1. The van der Waals surface area contributed by atoms with Crippen molar-refractivity contribution < 1.29 is 23.9 Å². The molecule has 0 fully saturated rings. The van der Waals surface area contributed by atoms with Crippen LogP contribution in [0.4, 0.5) is 5.69 Å². The highest BCUT2D eigenvalue weighted by Crippen LogP contribution is 2.30. The molecule has 0 unspecified atom stereocenters. The first-order chi connectivity index (χ1) is 17.9. The second-order valence-corrected chi connectivity index (χ2v) is 8.33. The summed E-state index contributed by atoms with van der Waals surface area (Å²) >= 11 is 0. The normalized spacial score (nSPS) is 11.2. The molecule has 0 radical (unpaired) electrons. The van der Waals surface area contributed by atoms with Crippen molar-refractivity contribution in [3.05, 3.63) is 90.0 Å². The summed E-state index contributed by atoms with van der Waals surface area (Å²) in [5.74, 6) is 0.222. The van der Waals surface area contributed by atoms with E-state index in [1.165, 1.54) is 4.90 Å². The lowest BCUT2D eigenvalue weighted by Crippen LogP contribution is -2.38. The Bertz CT molecular complexity index is 1180. The molecule has 0 aliphatic heterocycles. The molecule has 0 aliphatic rings. The molecule has 0 bridgehead atoms. The van der Waals surface area contributed by atoms with Crippen LogP contribution in [0.1, 0.15) is 42.2 Å². The van der Waals surface area contributed by atoms with E-state index in [9.17, 15) is 14.4 Å². The van der Waals surface area contributed by atoms with Gasteiger partial charge in [-0.15, -0.1) is 0 Å². The fraction of sp³-hybridized carbons (Fsp3) is 0.276. The number of carbonyl (C=O) groups is 3. The fourth-order valence-corrected chi connectivity index (χ4v) is 3.73. The summed E-state index contributed by atoms with van der Waals surface area (Å²) in [4.78, 5) is 39.9. The zero-order chi connectivity index (χ0) is 26.6. The molecule has 1 atom stereocenters. The molecule has 0 aliphatic carbocycles. The van der Waals surface area contributed by atoms with E-state index in [-0.39, 0.29) is 30.7 Å². The molecule has 0 aromatic heterocycles. The van der Waals surface area contributed by atoms with E-state index in [1.54, 1.807) is 49.5 Å². The topological polar surface area (TPSA) is 97.0 Å². The molecule has 194 valence electrons. The SMILES string of the molecule is CCOc1ccc(NC(=O)CN(C)C(=O)C[C@@H](NC(=O)c2ccccc2)c2ccccc2)cc1OCC. The van der Waals surface area contributed by atoms with Gasteiger partial charge in [0.1, 0.15) is 0 Å². The van der Waals surface area contributed by atoms with Crippen molar-refractivity contribution in [1.29, 1.82) is 0 Å². The quantitative estimate of drug-likeness (QED) is 0.381. The van der Waals surface area contributed by atoms with Crippen molar-refractivity contribution in [2.75, 3.05) is 32.1 Å². The van der Waals surface area contributed by atoms with Gasteiger partial charge in [-0.05, 0) is 43.7 Å². The van der Waals surface area contributed by atoms with Gasteiger partial charge in [0.15, 0.2) is 11.5 Å². The fourth-order valence-electron chi connectivity index (χ4n) is 3.73. The second kappa shape index (κ2) is 13.7. The predicted molar refractivity (Wildman–Crippen MR) is 143 cm³/mol. The van der Waals surface area contributed by atoms with Crippen LogP contribution in [-0.4, -0.2) is 49.4 Å². The van der Waals surface area contributed by atoms with Gasteiger partial charge < -0.3 is 25.0 Å². The number of ether oxygens (including phenoxy) is 2. The Kier molecular flexibility index (Phi) is 10.1. The van der Waals surface area contributed by atoms with Crippen molar-refractivity contribution in [3.8, 4) is 11.5 Å². The van der Waals surface area contributed by atoms with Crippen molar-refractivity contribution >= 4 is 23.4 Å². The van der Waals surface area contributed by atoms with Crippen LogP contribution in [-0.2, 0) is 9.59 Å². The van der Waals surface area contributed by atoms with Crippen LogP contribution in [0.15, 0.2) is 78.9 Å². The van der Waals surface area contributed by atoms with Gasteiger partial charge in [-0.25, -0.2) is 0 Å². The molecule has 0 heterocycles. The summed E-state index contributed by atoms with van der Waals surface area (Å²) < 4.78 is 11.2. The van der Waals surface area contributed by atoms with Gasteiger partial charge in [-0.2, -0.15) is 0 Å². The minimum Gasteiger partial charge on any atom is -0.490 e. The first-order valence-corrected chi connectivity index (χ1v) is 12.3. The first kappa shape index (κ1) is 27.3. The average molecular weight is 504 g/mol. The molecule has 2 N–H and O–H groups in total. The number of nitrogens with one attached hydrogen (secondary N) is 2. The van der Waals surface area contributed by atoms with E-state index in [0.717, 1.165) is 5.56 Å². The Morgan fingerprint density at radius 2 is 1.46 bits per heavy atom. The third-order valence-corrected chi connectivity index (χ3v) is 5.56. The van der Waals surface area contributed by atoms with Crippen LogP contribution in [0.25, 0.3) is 0 Å². The van der Waals surface area contributed by atoms with Gasteiger partial charge in [-0.3, -0.25) is 14.4 Å². The number of hydrogen-bond donors (Lipinski definition) is 2. The Labute approximate surface area is 217 Å². The van der Waals surface area contributed by atoms with Gasteiger partial charge in [0.2, 0.25) is 11.8 Å². The van der Waals surface area contributed by atoms with Crippen molar-refractivity contribution in [1.82, 2.24) is 10.2 Å². The highest BCUT2D eigenvalue weighted by atomic mass is 16.5. The third-order valence-electron chi connectivity index (χ3n) is 5.56. The average Bonchev–Trinajstić information content (AvgIpc) is 2.90. The Balaban J connectivity index is 1.64. The minimum absolute atomic E-state index is 0.00388. The molecular formula is C29H33N3O5. The molecule has 8 nitrogen and oxygen atoms in total. The summed E-state index contributed by atoms with van der Waals surface area (Å²) in [6.07, 6.45) is 0.00388. The number of nitrogens with zero attached hydrogens (tertiary/aromatic N) is 1. The van der Waals surface area contributed by atoms with Gasteiger partial charge in [0.25, 0.3) is 5.91 Å². The molecule has 3 amide bonds. The van der Waals surface area contributed by atoms with E-state index in [1.807, 2.05) is 50.2 Å². The van der Waals surface area contributed by atoms with Crippen LogP contribution in [0.5, 0.6) is 11.5 Å². The lowest BCUT2D eigenvalue weighted by molar-refractivity contribution is -0.133. The van der Waals surface area contributed by atoms with Gasteiger partial charge in [0, 0.05) is 24.4 Å². The monoisotopic (exact) mass is 503 g/mol. The van der Waals surface area contributed by atoms with Gasteiger partial charge in [-0.1, -0.05) is 48.5 Å². The number of carbonyl (C=O) groups excluding carboxylic acids is 3. The highest BCUT2D eigenvalue weighted by molar-refractivity contribution is 5.96. The summed E-state index contributed by atoms with van der Waals surface area (Å²) in [5, 5.41) is 5.75. The van der Waals surface area contributed by atoms with Crippen LogP contribution < -0.4 is 20.1 Å². The number of benzene rings is 3. The Morgan fingerprint density at radius 1 is 0.838 bits per heavy atom. The van der Waals surface area contributed by atoms with E-state index in [0.29, 0.717) is 36.0 Å². The maximum atomic E-state index is 13.0. The van der Waals surface area contributed by atoms with Crippen molar-refractivity contribution in [3.63, 3.8) is 0 Å². The number of hydrogen-bond acceptors (Lipinski definition) is 5. The zero-order valence-corrected chi connectivity index (χ0v) is 21.4. The minimum atomic E-state index is -0.549. The molecule has 0 saturated heterocycles. The largest absolute Gasteiger partial charge is 0.490 e. The van der Waals surface area contributed by atoms with E-state index in [2.05, 4.69) is 10.6 Å². The summed E-state index contributed by atoms with van der Waals surface area (Å²) in [5.41, 5.74) is 1.84. The molecule has 3 aromatic rings. The Morgan fingerprint density at radius 3 is 2.11 bits per heavy atom. The summed E-state index contributed by atoms with van der Waals surface area (Å²) in [6, 6.07) is 22.7. The maximum absolute atomic E-state index is 13.0. The van der Waals surface area contributed by atoms with Gasteiger partial charge in [0.05, 0.1) is 32.2 Å². The van der Waals surface area contributed by atoms with Gasteiger partial charge >= 0.3 is 0 Å². The third kappa shape index (κ3) is 8.10. The molecular weight excluding hydrogens is 470 g/mol. The maximum Gasteiger partial charge on any atom is 0.251 e. The first-order valence-electron chi connectivity index (χ1n) is 12.3. The zero-order valence-electron chi connectivity index (χ0n) is 21.4. The Hall–Kier alpha value is -4.33. The number of likely N-dealkylation sites (N-methyl/N-ethyl adjacent to an activating group) is 1. The molecule has 0 spiro atoms. The molecule has 37 heavy (non-hydrogen) atoms. The van der Waals surface area contributed by atoms with Crippen LogP contribution in [0.3, 0.4) is 0 Å². The summed E-state index contributed by atoms with van der Waals surface area (Å²) in [6.45, 7) is 4.55. The van der Waals surface area contributed by atoms with Crippen molar-refractivity contribution in [2.45, 2.75) is 26.3 Å². The second-order valence-electron chi connectivity index (χ2n) is 8.33. The van der Waals surface area contributed by atoms with E-state index in [4.69, 9.17) is 9.47 Å². The molecule has 3 aromatic carbocycles. The summed E-state index contributed by atoms with van der Waals surface area (Å²) in [7, 11) is 1.56. The molecule has 0 saturated carbocycles. The van der Waals surface area contributed by atoms with Crippen LogP contribution in [0, 0.1) is 0 Å². The predicted octanol–water partition coefficient (Wildman–Crippen LogP) is 4.44.